The summed E-state index contributed by atoms with van der Waals surface area (Å²) in [6, 6.07) is 0. The van der Waals surface area contributed by atoms with Crippen molar-refractivity contribution in [2.75, 3.05) is 19.8 Å². The second-order valence-corrected chi connectivity index (χ2v) is 5.45. The fourth-order valence-corrected chi connectivity index (χ4v) is 1.87. The van der Waals surface area contributed by atoms with E-state index in [1.165, 1.54) is 38.5 Å². The fraction of sp³-hybridized carbons (Fsp3) is 0.765. The van der Waals surface area contributed by atoms with Gasteiger partial charge in [0.05, 0.1) is 13.2 Å². The van der Waals surface area contributed by atoms with Crippen LogP contribution in [0.4, 0.5) is 4.79 Å². The monoisotopic (exact) mass is 313 g/mol. The van der Waals surface area contributed by atoms with Crippen molar-refractivity contribution in [2.24, 2.45) is 0 Å². The van der Waals surface area contributed by atoms with Crippen LogP contribution in [0.3, 0.4) is 0 Å². The van der Waals surface area contributed by atoms with E-state index in [4.69, 9.17) is 9.47 Å². The molecule has 0 aromatic rings. The van der Waals surface area contributed by atoms with Gasteiger partial charge in [-0.1, -0.05) is 58.4 Å². The minimum atomic E-state index is -0.464. The molecule has 22 heavy (non-hydrogen) atoms. The average Bonchev–Trinajstić information content (AvgIpc) is 2.49. The van der Waals surface area contributed by atoms with Crippen molar-refractivity contribution in [1.82, 2.24) is 5.32 Å². The normalized spacial score (nSPS) is 10.1. The van der Waals surface area contributed by atoms with Gasteiger partial charge in [-0.05, 0) is 13.3 Å². The third-order valence-corrected chi connectivity index (χ3v) is 3.18. The Morgan fingerprint density at radius 1 is 0.909 bits per heavy atom. The third kappa shape index (κ3) is 13.5. The van der Waals surface area contributed by atoms with Gasteiger partial charge < -0.3 is 14.8 Å². The van der Waals surface area contributed by atoms with Crippen molar-refractivity contribution < 1.29 is 19.1 Å². The minimum absolute atomic E-state index is 0.124. The Labute approximate surface area is 134 Å². The number of nitrogens with one attached hydrogen (secondary N) is 1. The third-order valence-electron chi connectivity index (χ3n) is 3.18. The summed E-state index contributed by atoms with van der Waals surface area (Å²) in [4.78, 5) is 22.4. The molecule has 128 valence electrons. The molecule has 0 saturated carbocycles. The molecule has 0 aromatic carbocycles. The molecule has 0 aliphatic rings. The van der Waals surface area contributed by atoms with Crippen LogP contribution in [0.2, 0.25) is 0 Å². The molecule has 1 N–H and O–H groups in total. The highest BCUT2D eigenvalue weighted by Gasteiger charge is 2.04. The molecular weight excluding hydrogens is 282 g/mol. The van der Waals surface area contributed by atoms with Crippen LogP contribution < -0.4 is 5.32 Å². The van der Waals surface area contributed by atoms with E-state index in [-0.39, 0.29) is 13.2 Å². The van der Waals surface area contributed by atoms with Gasteiger partial charge in [0, 0.05) is 5.57 Å². The van der Waals surface area contributed by atoms with Crippen molar-refractivity contribution in [3.05, 3.63) is 12.2 Å². The molecule has 0 radical (unpaired) electrons. The molecule has 0 fully saturated rings. The number of amides is 1. The van der Waals surface area contributed by atoms with Crippen molar-refractivity contribution in [2.45, 2.75) is 65.2 Å². The molecule has 0 aromatic heterocycles. The lowest BCUT2D eigenvalue weighted by Gasteiger charge is -2.07. The molecule has 0 unspecified atom stereocenters. The van der Waals surface area contributed by atoms with Crippen molar-refractivity contribution in [3.63, 3.8) is 0 Å². The van der Waals surface area contributed by atoms with Crippen LogP contribution in [-0.2, 0) is 14.3 Å². The van der Waals surface area contributed by atoms with Gasteiger partial charge in [0.15, 0.2) is 0 Å². The molecule has 0 atom stereocenters. The Balaban J connectivity index is 3.29. The number of alkyl carbamates (subject to hydrolysis) is 1. The number of hydrogen-bond acceptors (Lipinski definition) is 4. The summed E-state index contributed by atoms with van der Waals surface area (Å²) in [5, 5.41) is 2.53. The standard InChI is InChI=1S/C17H31NO4/c1-4-5-6-7-8-9-10-11-13-22-17(20)18-12-14-21-16(19)15(2)3/h2,4-14H2,1,3H3,(H,18,20). The number of rotatable bonds is 13. The maximum Gasteiger partial charge on any atom is 0.407 e. The first kappa shape index (κ1) is 20.5. The molecule has 0 rings (SSSR count). The lowest BCUT2D eigenvalue weighted by atomic mass is 10.1. The first-order valence-electron chi connectivity index (χ1n) is 8.31. The molecule has 0 saturated heterocycles. The molecule has 0 aliphatic carbocycles. The van der Waals surface area contributed by atoms with E-state index < -0.39 is 12.1 Å². The van der Waals surface area contributed by atoms with Gasteiger partial charge in [-0.15, -0.1) is 0 Å². The zero-order valence-electron chi connectivity index (χ0n) is 14.1. The van der Waals surface area contributed by atoms with Crippen LogP contribution in [0, 0.1) is 0 Å². The number of esters is 1. The Bertz CT molecular complexity index is 329. The maximum atomic E-state index is 11.3. The summed E-state index contributed by atoms with van der Waals surface area (Å²) < 4.78 is 9.88. The minimum Gasteiger partial charge on any atom is -0.460 e. The Morgan fingerprint density at radius 2 is 1.50 bits per heavy atom. The second-order valence-electron chi connectivity index (χ2n) is 5.45. The van der Waals surface area contributed by atoms with E-state index >= 15 is 0 Å². The van der Waals surface area contributed by atoms with Gasteiger partial charge in [-0.2, -0.15) is 0 Å². The highest BCUT2D eigenvalue weighted by molar-refractivity contribution is 5.86. The lowest BCUT2D eigenvalue weighted by molar-refractivity contribution is -0.138. The van der Waals surface area contributed by atoms with E-state index in [0.29, 0.717) is 12.2 Å². The van der Waals surface area contributed by atoms with Crippen LogP contribution in [-0.4, -0.2) is 31.8 Å². The van der Waals surface area contributed by atoms with Crippen molar-refractivity contribution >= 4 is 12.1 Å². The SMILES string of the molecule is C=C(C)C(=O)OCCNC(=O)OCCCCCCCCCC. The zero-order valence-corrected chi connectivity index (χ0v) is 14.1. The maximum absolute atomic E-state index is 11.3. The number of hydrogen-bond donors (Lipinski definition) is 1. The molecule has 0 aliphatic heterocycles. The summed E-state index contributed by atoms with van der Waals surface area (Å²) in [7, 11) is 0. The highest BCUT2D eigenvalue weighted by Crippen LogP contribution is 2.08. The Morgan fingerprint density at radius 3 is 2.09 bits per heavy atom. The predicted molar refractivity (Wildman–Crippen MR) is 87.7 cm³/mol. The van der Waals surface area contributed by atoms with Crippen LogP contribution in [0.5, 0.6) is 0 Å². The summed E-state index contributed by atoms with van der Waals surface area (Å²) in [5.41, 5.74) is 0.345. The largest absolute Gasteiger partial charge is 0.460 e. The summed E-state index contributed by atoms with van der Waals surface area (Å²) in [6.07, 6.45) is 9.21. The second kappa shape index (κ2) is 14.4. The van der Waals surface area contributed by atoms with Crippen molar-refractivity contribution in [1.29, 1.82) is 0 Å². The first-order chi connectivity index (χ1) is 10.6. The van der Waals surface area contributed by atoms with Gasteiger partial charge >= 0.3 is 12.1 Å². The number of carbonyl (C=O) groups is 2. The number of ether oxygens (including phenoxy) is 2. The van der Waals surface area contributed by atoms with E-state index in [1.54, 1.807) is 6.92 Å². The zero-order chi connectivity index (χ0) is 16.6. The smallest absolute Gasteiger partial charge is 0.407 e. The van der Waals surface area contributed by atoms with Crippen LogP contribution in [0.25, 0.3) is 0 Å². The number of carbonyl (C=O) groups excluding carboxylic acids is 2. The Hall–Kier alpha value is -1.52. The van der Waals surface area contributed by atoms with Crippen LogP contribution in [0.1, 0.15) is 65.2 Å². The highest BCUT2D eigenvalue weighted by atomic mass is 16.6. The van der Waals surface area contributed by atoms with Crippen LogP contribution in [0.15, 0.2) is 12.2 Å². The quantitative estimate of drug-likeness (QED) is 0.317. The Kier molecular flexibility index (Phi) is 13.4. The van der Waals surface area contributed by atoms with E-state index in [1.807, 2.05) is 0 Å². The van der Waals surface area contributed by atoms with Gasteiger partial charge in [-0.25, -0.2) is 9.59 Å². The predicted octanol–water partition coefficient (Wildman–Crippen LogP) is 3.97. The number of unbranched alkanes of at least 4 members (excludes halogenated alkanes) is 7. The molecule has 5 heteroatoms. The van der Waals surface area contributed by atoms with Gasteiger partial charge in [0.25, 0.3) is 0 Å². The molecular formula is C17H31NO4. The molecule has 0 heterocycles. The van der Waals surface area contributed by atoms with Gasteiger partial charge in [0.2, 0.25) is 0 Å². The van der Waals surface area contributed by atoms with Crippen LogP contribution >= 0.6 is 0 Å². The fourth-order valence-electron chi connectivity index (χ4n) is 1.87. The average molecular weight is 313 g/mol. The van der Waals surface area contributed by atoms with Crippen molar-refractivity contribution in [3.8, 4) is 0 Å². The summed E-state index contributed by atoms with van der Waals surface area (Å²) >= 11 is 0. The summed E-state index contributed by atoms with van der Waals surface area (Å²) in [5.74, 6) is -0.450. The molecule has 5 nitrogen and oxygen atoms in total. The summed E-state index contributed by atoms with van der Waals surface area (Å²) in [6.45, 7) is 8.07. The van der Waals surface area contributed by atoms with Gasteiger partial charge in [0.1, 0.15) is 6.61 Å². The van der Waals surface area contributed by atoms with E-state index in [0.717, 1.165) is 12.8 Å². The van der Waals surface area contributed by atoms with Gasteiger partial charge in [-0.3, -0.25) is 0 Å². The molecule has 0 bridgehead atoms. The lowest BCUT2D eigenvalue weighted by Crippen LogP contribution is -2.29. The topological polar surface area (TPSA) is 64.6 Å². The molecule has 0 spiro atoms. The molecule has 1 amide bonds. The first-order valence-corrected chi connectivity index (χ1v) is 8.31. The van der Waals surface area contributed by atoms with E-state index in [9.17, 15) is 9.59 Å². The van der Waals surface area contributed by atoms with E-state index in [2.05, 4.69) is 18.8 Å².